The second-order valence-corrected chi connectivity index (χ2v) is 8.77. The van der Waals surface area contributed by atoms with Crippen LogP contribution in [0.2, 0.25) is 0 Å². The van der Waals surface area contributed by atoms with E-state index in [1.54, 1.807) is 41.5 Å². The number of hydrazine groups is 1. The highest BCUT2D eigenvalue weighted by Gasteiger charge is 2.76. The predicted octanol–water partition coefficient (Wildman–Crippen LogP) is 2.67. The SMILES string of the molecule is CC(C)(C)OC(=O)NN(C(=O)OC(C)(C)C)C12CC(C(=O)O)(C1)C2. The lowest BCUT2D eigenvalue weighted by atomic mass is 9.39. The predicted molar refractivity (Wildman–Crippen MR) is 84.1 cm³/mol. The van der Waals surface area contributed by atoms with Crippen LogP contribution in [0.4, 0.5) is 9.59 Å². The van der Waals surface area contributed by atoms with Crippen LogP contribution in [0.5, 0.6) is 0 Å². The Kier molecular flexibility index (Phi) is 4.02. The second kappa shape index (κ2) is 5.26. The summed E-state index contributed by atoms with van der Waals surface area (Å²) in [5.74, 6) is -0.870. The van der Waals surface area contributed by atoms with Gasteiger partial charge >= 0.3 is 18.2 Å². The third-order valence-electron chi connectivity index (χ3n) is 4.11. The molecule has 3 rings (SSSR count). The molecule has 24 heavy (non-hydrogen) atoms. The molecular formula is C16H26N2O6. The molecule has 8 heteroatoms. The van der Waals surface area contributed by atoms with Gasteiger partial charge in [0.05, 0.1) is 11.0 Å². The number of hydrogen-bond acceptors (Lipinski definition) is 5. The van der Waals surface area contributed by atoms with Gasteiger partial charge in [0, 0.05) is 0 Å². The minimum Gasteiger partial charge on any atom is -0.481 e. The number of carbonyl (C=O) groups excluding carboxylic acids is 2. The molecule has 0 aromatic rings. The average molecular weight is 342 g/mol. The molecule has 0 spiro atoms. The molecule has 0 heterocycles. The van der Waals surface area contributed by atoms with Crippen molar-refractivity contribution < 1.29 is 29.0 Å². The molecule has 2 N–H and O–H groups in total. The van der Waals surface area contributed by atoms with E-state index in [1.165, 1.54) is 0 Å². The smallest absolute Gasteiger partial charge is 0.429 e. The fraction of sp³-hybridized carbons (Fsp3) is 0.812. The van der Waals surface area contributed by atoms with Crippen LogP contribution in [0.3, 0.4) is 0 Å². The number of nitrogens with zero attached hydrogens (tertiary/aromatic N) is 1. The Bertz CT molecular complexity index is 552. The van der Waals surface area contributed by atoms with Crippen LogP contribution in [-0.2, 0) is 14.3 Å². The Balaban J connectivity index is 2.11. The van der Waals surface area contributed by atoms with Crippen molar-refractivity contribution in [2.24, 2.45) is 5.41 Å². The van der Waals surface area contributed by atoms with Gasteiger partial charge in [0.15, 0.2) is 0 Å². The number of amides is 2. The van der Waals surface area contributed by atoms with Gasteiger partial charge in [-0.15, -0.1) is 0 Å². The molecule has 0 atom stereocenters. The van der Waals surface area contributed by atoms with Gasteiger partial charge in [-0.25, -0.2) is 20.0 Å². The fourth-order valence-corrected chi connectivity index (χ4v) is 3.26. The Hall–Kier alpha value is -1.99. The highest BCUT2D eigenvalue weighted by molar-refractivity contribution is 5.83. The van der Waals surface area contributed by atoms with Gasteiger partial charge in [-0.05, 0) is 60.8 Å². The zero-order valence-electron chi connectivity index (χ0n) is 15.1. The molecule has 2 amide bonds. The molecule has 3 aliphatic rings. The molecule has 3 fully saturated rings. The first-order valence-electron chi connectivity index (χ1n) is 7.94. The maximum Gasteiger partial charge on any atom is 0.429 e. The first-order chi connectivity index (χ1) is 10.7. The molecular weight excluding hydrogens is 316 g/mol. The normalized spacial score (nSPS) is 28.1. The Morgan fingerprint density at radius 2 is 1.42 bits per heavy atom. The number of aliphatic carboxylic acids is 1. The molecule has 0 aliphatic heterocycles. The Morgan fingerprint density at radius 3 is 1.79 bits per heavy atom. The number of carboxylic acid groups (broad SMARTS) is 1. The molecule has 3 aliphatic carbocycles. The highest BCUT2D eigenvalue weighted by atomic mass is 16.6. The van der Waals surface area contributed by atoms with Gasteiger partial charge in [0.1, 0.15) is 11.2 Å². The monoisotopic (exact) mass is 342 g/mol. The summed E-state index contributed by atoms with van der Waals surface area (Å²) >= 11 is 0. The quantitative estimate of drug-likeness (QED) is 0.748. The summed E-state index contributed by atoms with van der Waals surface area (Å²) in [6.45, 7) is 10.3. The summed E-state index contributed by atoms with van der Waals surface area (Å²) in [5, 5.41) is 10.3. The first kappa shape index (κ1) is 18.4. The van der Waals surface area contributed by atoms with Crippen LogP contribution in [0.15, 0.2) is 0 Å². The summed E-state index contributed by atoms with van der Waals surface area (Å²) < 4.78 is 10.5. The molecule has 0 saturated heterocycles. The van der Waals surface area contributed by atoms with Crippen molar-refractivity contribution in [3.8, 4) is 0 Å². The summed E-state index contributed by atoms with van der Waals surface area (Å²) in [6, 6.07) is 0. The number of carboxylic acids is 1. The Morgan fingerprint density at radius 1 is 0.958 bits per heavy atom. The second-order valence-electron chi connectivity index (χ2n) is 8.77. The van der Waals surface area contributed by atoms with E-state index in [1.807, 2.05) is 0 Å². The molecule has 0 aromatic heterocycles. The maximum absolute atomic E-state index is 12.5. The summed E-state index contributed by atoms with van der Waals surface area (Å²) in [4.78, 5) is 35.8. The van der Waals surface area contributed by atoms with Gasteiger partial charge in [-0.1, -0.05) is 0 Å². The zero-order valence-corrected chi connectivity index (χ0v) is 15.1. The molecule has 0 unspecified atom stereocenters. The maximum atomic E-state index is 12.5. The van der Waals surface area contributed by atoms with Crippen molar-refractivity contribution in [2.45, 2.75) is 77.5 Å². The largest absolute Gasteiger partial charge is 0.481 e. The number of carbonyl (C=O) groups is 3. The van der Waals surface area contributed by atoms with E-state index in [0.29, 0.717) is 19.3 Å². The van der Waals surface area contributed by atoms with E-state index in [-0.39, 0.29) is 0 Å². The minimum atomic E-state index is -0.870. The molecule has 8 nitrogen and oxygen atoms in total. The van der Waals surface area contributed by atoms with Gasteiger partial charge < -0.3 is 14.6 Å². The third kappa shape index (κ3) is 3.42. The summed E-state index contributed by atoms with van der Waals surface area (Å²) in [6.07, 6.45) is -0.603. The van der Waals surface area contributed by atoms with E-state index in [9.17, 15) is 19.5 Å². The van der Waals surface area contributed by atoms with Crippen molar-refractivity contribution in [1.29, 1.82) is 0 Å². The van der Waals surface area contributed by atoms with Crippen LogP contribution < -0.4 is 5.43 Å². The van der Waals surface area contributed by atoms with Gasteiger partial charge in [0.2, 0.25) is 0 Å². The molecule has 0 radical (unpaired) electrons. The van der Waals surface area contributed by atoms with E-state index < -0.39 is 40.3 Å². The van der Waals surface area contributed by atoms with E-state index >= 15 is 0 Å². The topological polar surface area (TPSA) is 105 Å². The van der Waals surface area contributed by atoms with Crippen molar-refractivity contribution >= 4 is 18.2 Å². The van der Waals surface area contributed by atoms with Crippen LogP contribution >= 0.6 is 0 Å². The van der Waals surface area contributed by atoms with Crippen molar-refractivity contribution in [3.63, 3.8) is 0 Å². The highest BCUT2D eigenvalue weighted by Crippen LogP contribution is 2.69. The first-order valence-corrected chi connectivity index (χ1v) is 7.94. The number of ether oxygens (including phenoxy) is 2. The molecule has 0 aromatic carbocycles. The zero-order chi connectivity index (χ0) is 18.6. The van der Waals surface area contributed by atoms with Crippen molar-refractivity contribution in [3.05, 3.63) is 0 Å². The van der Waals surface area contributed by atoms with Crippen LogP contribution in [0, 0.1) is 5.41 Å². The number of hydrogen-bond donors (Lipinski definition) is 2. The third-order valence-corrected chi connectivity index (χ3v) is 4.11. The van der Waals surface area contributed by atoms with Crippen LogP contribution in [0.25, 0.3) is 0 Å². The standard InChI is InChI=1S/C16H26N2O6/c1-13(2,3)23-11(21)17-18(12(22)24-14(4,5)6)16-7-15(8-16,9-16)10(19)20/h7-9H2,1-6H3,(H,17,21)(H,19,20). The number of nitrogens with one attached hydrogen (secondary N) is 1. The lowest BCUT2D eigenvalue weighted by molar-refractivity contribution is -0.233. The summed E-state index contributed by atoms with van der Waals surface area (Å²) in [5.41, 5.74) is -0.509. The van der Waals surface area contributed by atoms with Crippen molar-refractivity contribution in [1.82, 2.24) is 10.4 Å². The van der Waals surface area contributed by atoms with E-state index in [2.05, 4.69) is 5.43 Å². The fourth-order valence-electron chi connectivity index (χ4n) is 3.26. The molecule has 136 valence electrons. The summed E-state index contributed by atoms with van der Waals surface area (Å²) in [7, 11) is 0. The van der Waals surface area contributed by atoms with E-state index in [0.717, 1.165) is 5.01 Å². The molecule has 3 saturated carbocycles. The van der Waals surface area contributed by atoms with E-state index in [4.69, 9.17) is 9.47 Å². The van der Waals surface area contributed by atoms with Crippen LogP contribution in [-0.4, -0.2) is 45.0 Å². The van der Waals surface area contributed by atoms with Gasteiger partial charge in [-0.2, -0.15) is 0 Å². The van der Waals surface area contributed by atoms with Gasteiger partial charge in [-0.3, -0.25) is 4.79 Å². The molecule has 2 bridgehead atoms. The Labute approximate surface area is 141 Å². The lowest BCUT2D eigenvalue weighted by Crippen LogP contribution is -2.80. The lowest BCUT2D eigenvalue weighted by Gasteiger charge is -2.70. The average Bonchev–Trinajstić information content (AvgIpc) is 2.17. The van der Waals surface area contributed by atoms with Gasteiger partial charge in [0.25, 0.3) is 0 Å². The minimum absolute atomic E-state index is 0.296. The number of rotatable bonds is 2. The van der Waals surface area contributed by atoms with Crippen LogP contribution in [0.1, 0.15) is 60.8 Å². The van der Waals surface area contributed by atoms with Crippen molar-refractivity contribution in [2.75, 3.05) is 0 Å².